The van der Waals surface area contributed by atoms with Crippen molar-refractivity contribution < 1.29 is 9.53 Å². The molecule has 0 aliphatic rings. The van der Waals surface area contributed by atoms with Crippen molar-refractivity contribution in [1.82, 2.24) is 9.97 Å². The third-order valence-corrected chi connectivity index (χ3v) is 5.71. The molecule has 3 rings (SSSR count). The van der Waals surface area contributed by atoms with Gasteiger partial charge in [-0.3, -0.25) is 9.59 Å². The summed E-state index contributed by atoms with van der Waals surface area (Å²) in [6.07, 6.45) is -0.173. The average Bonchev–Trinajstić information content (AvgIpc) is 2.91. The number of fused-ring (bicyclic) bond motifs is 1. The third-order valence-electron chi connectivity index (χ3n) is 3.75. The SMILES string of the molecule is Cc1sc2nc(S[C@H](C)C(=O)OC(C)C)[nH]c(=O)c2c1-c1ccccc1. The molecular formula is C19H20N2O3S2. The summed E-state index contributed by atoms with van der Waals surface area (Å²) in [5.41, 5.74) is 1.73. The highest BCUT2D eigenvalue weighted by molar-refractivity contribution is 8.00. The number of esters is 1. The first-order valence-corrected chi connectivity index (χ1v) is 10.0. The van der Waals surface area contributed by atoms with Crippen LogP contribution >= 0.6 is 23.1 Å². The molecule has 7 heteroatoms. The summed E-state index contributed by atoms with van der Waals surface area (Å²) >= 11 is 2.69. The van der Waals surface area contributed by atoms with E-state index in [-0.39, 0.29) is 17.6 Å². The Morgan fingerprint density at radius 2 is 1.92 bits per heavy atom. The average molecular weight is 389 g/mol. The highest BCUT2D eigenvalue weighted by atomic mass is 32.2. The summed E-state index contributed by atoms with van der Waals surface area (Å²) in [5, 5.41) is 0.574. The van der Waals surface area contributed by atoms with Crippen LogP contribution in [0.4, 0.5) is 0 Å². The molecule has 0 saturated carbocycles. The fraction of sp³-hybridized carbons (Fsp3) is 0.316. The van der Waals surface area contributed by atoms with Gasteiger partial charge >= 0.3 is 5.97 Å². The van der Waals surface area contributed by atoms with E-state index in [1.54, 1.807) is 20.8 Å². The number of hydrogen-bond donors (Lipinski definition) is 1. The van der Waals surface area contributed by atoms with Crippen LogP contribution in [0.1, 0.15) is 25.6 Å². The quantitative estimate of drug-likeness (QED) is 0.399. The zero-order valence-corrected chi connectivity index (χ0v) is 16.7. The normalized spacial score (nSPS) is 12.5. The summed E-state index contributed by atoms with van der Waals surface area (Å²) in [7, 11) is 0. The number of thiophene rings is 1. The van der Waals surface area contributed by atoms with Crippen LogP contribution in [-0.4, -0.2) is 27.3 Å². The fourth-order valence-electron chi connectivity index (χ4n) is 2.65. The van der Waals surface area contributed by atoms with Crippen molar-refractivity contribution in [3.05, 3.63) is 45.6 Å². The van der Waals surface area contributed by atoms with Crippen molar-refractivity contribution >= 4 is 39.3 Å². The Bertz CT molecular complexity index is 993. The van der Waals surface area contributed by atoms with E-state index < -0.39 is 5.25 Å². The summed E-state index contributed by atoms with van der Waals surface area (Å²) < 4.78 is 5.21. The molecule has 0 saturated heterocycles. The number of aromatic nitrogens is 2. The molecule has 0 aliphatic carbocycles. The summed E-state index contributed by atoms with van der Waals surface area (Å²) in [6.45, 7) is 7.35. The van der Waals surface area contributed by atoms with Crippen molar-refractivity contribution in [3.8, 4) is 11.1 Å². The molecule has 0 amide bonds. The Hall–Kier alpha value is -2.12. The van der Waals surface area contributed by atoms with Crippen LogP contribution in [0.3, 0.4) is 0 Å². The van der Waals surface area contributed by atoms with E-state index in [2.05, 4.69) is 9.97 Å². The lowest BCUT2D eigenvalue weighted by Gasteiger charge is -2.12. The number of benzene rings is 1. The van der Waals surface area contributed by atoms with E-state index in [1.165, 1.54) is 23.1 Å². The molecular weight excluding hydrogens is 368 g/mol. The van der Waals surface area contributed by atoms with Crippen LogP contribution in [0.25, 0.3) is 21.3 Å². The standard InChI is InChI=1S/C19H20N2O3S2/c1-10(2)24-18(23)12(4)26-19-20-16(22)15-14(11(3)25-17(15)21-19)13-8-6-5-7-9-13/h5-10,12H,1-4H3,(H,20,21,22)/t12-/m1/s1. The maximum absolute atomic E-state index is 12.7. The molecule has 2 aromatic heterocycles. The van der Waals surface area contributed by atoms with Gasteiger partial charge in [-0.2, -0.15) is 0 Å². The maximum Gasteiger partial charge on any atom is 0.319 e. The molecule has 1 aromatic carbocycles. The monoisotopic (exact) mass is 388 g/mol. The minimum Gasteiger partial charge on any atom is -0.462 e. The number of ether oxygens (including phenoxy) is 1. The number of H-pyrrole nitrogens is 1. The molecule has 1 N–H and O–H groups in total. The fourth-order valence-corrected chi connectivity index (χ4v) is 4.54. The number of nitrogens with zero attached hydrogens (tertiary/aromatic N) is 1. The first-order chi connectivity index (χ1) is 12.4. The highest BCUT2D eigenvalue weighted by Crippen LogP contribution is 2.36. The van der Waals surface area contributed by atoms with Crippen molar-refractivity contribution in [2.75, 3.05) is 0 Å². The van der Waals surface area contributed by atoms with Crippen LogP contribution in [0.15, 0.2) is 40.3 Å². The number of carbonyl (C=O) groups is 1. The molecule has 1 atom stereocenters. The molecule has 0 aliphatic heterocycles. The Balaban J connectivity index is 1.98. The molecule has 2 heterocycles. The number of carbonyl (C=O) groups excluding carboxylic acids is 1. The number of hydrogen-bond acceptors (Lipinski definition) is 6. The molecule has 136 valence electrons. The van der Waals surface area contributed by atoms with Crippen LogP contribution in [-0.2, 0) is 9.53 Å². The second-order valence-electron chi connectivity index (χ2n) is 6.20. The molecule has 0 spiro atoms. The van der Waals surface area contributed by atoms with E-state index in [9.17, 15) is 9.59 Å². The molecule has 26 heavy (non-hydrogen) atoms. The number of aryl methyl sites for hydroxylation is 1. The highest BCUT2D eigenvalue weighted by Gasteiger charge is 2.21. The van der Waals surface area contributed by atoms with Gasteiger partial charge in [-0.15, -0.1) is 11.3 Å². The number of thioether (sulfide) groups is 1. The predicted octanol–water partition coefficient (Wildman–Crippen LogP) is 4.39. The van der Waals surface area contributed by atoms with Crippen LogP contribution in [0.2, 0.25) is 0 Å². The lowest BCUT2D eigenvalue weighted by atomic mass is 10.0. The van der Waals surface area contributed by atoms with Gasteiger partial charge in [-0.05, 0) is 33.3 Å². The molecule has 3 aromatic rings. The first-order valence-electron chi connectivity index (χ1n) is 8.32. The Kier molecular flexibility index (Phi) is 5.48. The largest absolute Gasteiger partial charge is 0.462 e. The van der Waals surface area contributed by atoms with Gasteiger partial charge in [-0.1, -0.05) is 42.1 Å². The molecule has 5 nitrogen and oxygen atoms in total. The summed E-state index contributed by atoms with van der Waals surface area (Å²) in [4.78, 5) is 33.8. The predicted molar refractivity (Wildman–Crippen MR) is 107 cm³/mol. The molecule has 0 radical (unpaired) electrons. The number of rotatable bonds is 5. The van der Waals surface area contributed by atoms with Gasteiger partial charge in [0.05, 0.1) is 11.5 Å². The summed E-state index contributed by atoms with van der Waals surface area (Å²) in [6, 6.07) is 9.82. The van der Waals surface area contributed by atoms with Crippen LogP contribution < -0.4 is 5.56 Å². The summed E-state index contributed by atoms with van der Waals surface area (Å²) in [5.74, 6) is -0.319. The Labute approximate surface area is 159 Å². The first kappa shape index (κ1) is 18.7. The van der Waals surface area contributed by atoms with Gasteiger partial charge < -0.3 is 9.72 Å². The number of aromatic amines is 1. The number of nitrogens with one attached hydrogen (secondary N) is 1. The lowest BCUT2D eigenvalue weighted by Crippen LogP contribution is -2.21. The lowest BCUT2D eigenvalue weighted by molar-refractivity contribution is -0.146. The van der Waals surface area contributed by atoms with Gasteiger partial charge in [0.2, 0.25) is 0 Å². The molecule has 0 bridgehead atoms. The van der Waals surface area contributed by atoms with Crippen LogP contribution in [0, 0.1) is 6.92 Å². The zero-order chi connectivity index (χ0) is 18.8. The van der Waals surface area contributed by atoms with Crippen LogP contribution in [0.5, 0.6) is 0 Å². The molecule has 0 unspecified atom stereocenters. The van der Waals surface area contributed by atoms with Crippen molar-refractivity contribution in [3.63, 3.8) is 0 Å². The Morgan fingerprint density at radius 1 is 1.23 bits per heavy atom. The van der Waals surface area contributed by atoms with Crippen molar-refractivity contribution in [2.45, 2.75) is 44.2 Å². The maximum atomic E-state index is 12.7. The third kappa shape index (κ3) is 3.83. The minimum absolute atomic E-state index is 0.173. The van der Waals surface area contributed by atoms with Gasteiger partial charge in [0.25, 0.3) is 5.56 Å². The topological polar surface area (TPSA) is 72.0 Å². The van der Waals surface area contributed by atoms with Crippen molar-refractivity contribution in [2.24, 2.45) is 0 Å². The van der Waals surface area contributed by atoms with E-state index in [0.29, 0.717) is 15.4 Å². The van der Waals surface area contributed by atoms with E-state index in [4.69, 9.17) is 4.74 Å². The van der Waals surface area contributed by atoms with Gasteiger partial charge in [0.15, 0.2) is 5.16 Å². The smallest absolute Gasteiger partial charge is 0.319 e. The Morgan fingerprint density at radius 3 is 2.58 bits per heavy atom. The minimum atomic E-state index is -0.451. The van der Waals surface area contributed by atoms with Gasteiger partial charge in [-0.25, -0.2) is 4.98 Å². The van der Waals surface area contributed by atoms with Crippen molar-refractivity contribution in [1.29, 1.82) is 0 Å². The van der Waals surface area contributed by atoms with E-state index in [1.807, 2.05) is 37.3 Å². The second kappa shape index (κ2) is 7.63. The van der Waals surface area contributed by atoms with Gasteiger partial charge in [0.1, 0.15) is 10.1 Å². The van der Waals surface area contributed by atoms with E-state index in [0.717, 1.165) is 16.0 Å². The second-order valence-corrected chi connectivity index (χ2v) is 8.73. The van der Waals surface area contributed by atoms with E-state index >= 15 is 0 Å². The zero-order valence-electron chi connectivity index (χ0n) is 15.0. The molecule has 0 fully saturated rings. The van der Waals surface area contributed by atoms with Gasteiger partial charge in [0, 0.05) is 10.4 Å².